The maximum atomic E-state index is 13.0. The summed E-state index contributed by atoms with van der Waals surface area (Å²) in [5.74, 6) is 0.762. The van der Waals surface area contributed by atoms with E-state index < -0.39 is 5.60 Å². The van der Waals surface area contributed by atoms with Gasteiger partial charge in [0.05, 0.1) is 22.4 Å². The van der Waals surface area contributed by atoms with Gasteiger partial charge < -0.3 is 10.4 Å². The van der Waals surface area contributed by atoms with Gasteiger partial charge in [0.15, 0.2) is 11.5 Å². The standard InChI is InChI=1S/C22H21ClN8O2/c1-4-30-20(32)14-11-24-21(26-13-8-12-10-25-29-18(12)15(23)9-13)28-19(14)31(30)17-7-5-6-16(27-17)22(2,3)33/h5-11,33H,4H2,1-3H3,(H,25,29)(H,24,26,28). The summed E-state index contributed by atoms with van der Waals surface area (Å²) in [5, 5.41) is 22.1. The molecule has 0 unspecified atom stereocenters. The lowest BCUT2D eigenvalue weighted by Gasteiger charge is -2.18. The number of aromatic amines is 1. The molecule has 5 rings (SSSR count). The van der Waals surface area contributed by atoms with Crippen LogP contribution in [0.4, 0.5) is 11.6 Å². The second kappa shape index (κ2) is 7.68. The van der Waals surface area contributed by atoms with Crippen molar-refractivity contribution < 1.29 is 5.11 Å². The van der Waals surface area contributed by atoms with Crippen LogP contribution in [0.3, 0.4) is 0 Å². The largest absolute Gasteiger partial charge is 0.384 e. The molecule has 0 spiro atoms. The van der Waals surface area contributed by atoms with Gasteiger partial charge in [-0.2, -0.15) is 10.1 Å². The Labute approximate surface area is 192 Å². The van der Waals surface area contributed by atoms with E-state index in [1.807, 2.05) is 13.0 Å². The Balaban J connectivity index is 1.65. The van der Waals surface area contributed by atoms with Crippen LogP contribution < -0.4 is 10.9 Å². The third kappa shape index (κ3) is 3.62. The van der Waals surface area contributed by atoms with Gasteiger partial charge in [0.2, 0.25) is 5.95 Å². The number of halogens is 1. The van der Waals surface area contributed by atoms with Crippen LogP contribution in [0.2, 0.25) is 5.02 Å². The molecular formula is C22H21ClN8O2. The van der Waals surface area contributed by atoms with Crippen LogP contribution >= 0.6 is 11.6 Å². The minimum absolute atomic E-state index is 0.225. The Hall–Kier alpha value is -3.76. The molecule has 0 radical (unpaired) electrons. The second-order valence-electron chi connectivity index (χ2n) is 8.12. The van der Waals surface area contributed by atoms with Gasteiger partial charge in [0.25, 0.3) is 5.56 Å². The minimum atomic E-state index is -1.14. The molecule has 4 heterocycles. The lowest BCUT2D eigenvalue weighted by Crippen LogP contribution is -2.23. The third-order valence-corrected chi connectivity index (χ3v) is 5.61. The van der Waals surface area contributed by atoms with Crippen molar-refractivity contribution in [1.82, 2.24) is 34.5 Å². The summed E-state index contributed by atoms with van der Waals surface area (Å²) < 4.78 is 3.18. The van der Waals surface area contributed by atoms with E-state index in [0.29, 0.717) is 45.7 Å². The first-order valence-electron chi connectivity index (χ1n) is 10.3. The monoisotopic (exact) mass is 464 g/mol. The predicted octanol–water partition coefficient (Wildman–Crippen LogP) is 3.50. The molecule has 0 aliphatic rings. The summed E-state index contributed by atoms with van der Waals surface area (Å²) in [6.45, 7) is 5.59. The predicted molar refractivity (Wildman–Crippen MR) is 126 cm³/mol. The molecule has 168 valence electrons. The fraction of sp³-hybridized carbons (Fsp3) is 0.227. The van der Waals surface area contributed by atoms with E-state index in [1.54, 1.807) is 49.0 Å². The van der Waals surface area contributed by atoms with Crippen LogP contribution in [0, 0.1) is 0 Å². The number of aromatic nitrogens is 7. The molecule has 0 bridgehead atoms. The van der Waals surface area contributed by atoms with Crippen molar-refractivity contribution in [3.8, 4) is 5.82 Å². The van der Waals surface area contributed by atoms with Gasteiger partial charge in [0, 0.05) is 23.8 Å². The van der Waals surface area contributed by atoms with E-state index in [1.165, 1.54) is 10.9 Å². The van der Waals surface area contributed by atoms with Gasteiger partial charge >= 0.3 is 0 Å². The van der Waals surface area contributed by atoms with Gasteiger partial charge in [-0.05, 0) is 45.0 Å². The van der Waals surface area contributed by atoms with E-state index in [0.717, 1.165) is 10.9 Å². The Bertz CT molecular complexity index is 1560. The van der Waals surface area contributed by atoms with E-state index >= 15 is 0 Å². The molecule has 0 atom stereocenters. The van der Waals surface area contributed by atoms with E-state index in [9.17, 15) is 9.90 Å². The van der Waals surface area contributed by atoms with Crippen LogP contribution in [0.25, 0.3) is 27.8 Å². The number of fused-ring (bicyclic) bond motifs is 2. The number of hydrogen-bond acceptors (Lipinski definition) is 7. The van der Waals surface area contributed by atoms with Crippen molar-refractivity contribution in [2.24, 2.45) is 0 Å². The van der Waals surface area contributed by atoms with Gasteiger partial charge in [-0.15, -0.1) is 0 Å². The molecule has 0 fully saturated rings. The van der Waals surface area contributed by atoms with Gasteiger partial charge in [-0.1, -0.05) is 17.7 Å². The number of pyridine rings is 1. The van der Waals surface area contributed by atoms with Crippen molar-refractivity contribution in [3.63, 3.8) is 0 Å². The second-order valence-corrected chi connectivity index (χ2v) is 8.53. The Kier molecular flexibility index (Phi) is 4.91. The molecule has 5 aromatic rings. The zero-order valence-electron chi connectivity index (χ0n) is 18.2. The number of hydrogen-bond donors (Lipinski definition) is 3. The number of nitrogens with zero attached hydrogens (tertiary/aromatic N) is 6. The van der Waals surface area contributed by atoms with Crippen LogP contribution in [0.5, 0.6) is 0 Å². The molecule has 0 saturated heterocycles. The molecule has 0 aliphatic carbocycles. The molecule has 0 aliphatic heterocycles. The third-order valence-electron chi connectivity index (χ3n) is 5.31. The fourth-order valence-electron chi connectivity index (χ4n) is 3.70. The first-order chi connectivity index (χ1) is 15.8. The number of nitrogens with one attached hydrogen (secondary N) is 2. The quantitative estimate of drug-likeness (QED) is 0.363. The fourth-order valence-corrected chi connectivity index (χ4v) is 3.97. The lowest BCUT2D eigenvalue weighted by molar-refractivity contribution is 0.0738. The number of aliphatic hydroxyl groups is 1. The molecule has 0 saturated carbocycles. The van der Waals surface area contributed by atoms with Crippen molar-refractivity contribution in [1.29, 1.82) is 0 Å². The molecular weight excluding hydrogens is 444 g/mol. The molecule has 4 aromatic heterocycles. The summed E-state index contributed by atoms with van der Waals surface area (Å²) in [5.41, 5.74) is 0.938. The van der Waals surface area contributed by atoms with E-state index in [4.69, 9.17) is 11.6 Å². The highest BCUT2D eigenvalue weighted by Crippen LogP contribution is 2.28. The average molecular weight is 465 g/mol. The summed E-state index contributed by atoms with van der Waals surface area (Å²) in [6.07, 6.45) is 3.17. The first-order valence-corrected chi connectivity index (χ1v) is 10.7. The smallest absolute Gasteiger partial charge is 0.278 e. The average Bonchev–Trinajstić information content (AvgIpc) is 3.36. The van der Waals surface area contributed by atoms with Gasteiger partial charge in [-0.25, -0.2) is 19.3 Å². The molecule has 11 heteroatoms. The van der Waals surface area contributed by atoms with Crippen LogP contribution in [-0.2, 0) is 12.1 Å². The summed E-state index contributed by atoms with van der Waals surface area (Å²) in [7, 11) is 0. The van der Waals surface area contributed by atoms with Crippen molar-refractivity contribution >= 4 is 45.2 Å². The Morgan fingerprint density at radius 1 is 1.21 bits per heavy atom. The van der Waals surface area contributed by atoms with Crippen molar-refractivity contribution in [3.05, 3.63) is 63.8 Å². The highest BCUT2D eigenvalue weighted by Gasteiger charge is 2.21. The number of H-pyrrole nitrogens is 1. The highest BCUT2D eigenvalue weighted by molar-refractivity contribution is 6.35. The van der Waals surface area contributed by atoms with Crippen molar-refractivity contribution in [2.45, 2.75) is 32.9 Å². The molecule has 1 aromatic carbocycles. The highest BCUT2D eigenvalue weighted by atomic mass is 35.5. The molecule has 33 heavy (non-hydrogen) atoms. The Morgan fingerprint density at radius 2 is 2.03 bits per heavy atom. The molecule has 10 nitrogen and oxygen atoms in total. The van der Waals surface area contributed by atoms with Crippen LogP contribution in [-0.4, -0.2) is 39.6 Å². The molecule has 0 amide bonds. The SMILES string of the molecule is CCn1c(=O)c2cnc(Nc3cc(Cl)c4[nH]ncc4c3)nc2n1-c1cccc(C(C)(C)O)n1. The van der Waals surface area contributed by atoms with Gasteiger partial charge in [-0.3, -0.25) is 9.89 Å². The lowest BCUT2D eigenvalue weighted by atomic mass is 10.1. The van der Waals surface area contributed by atoms with Crippen LogP contribution in [0.1, 0.15) is 26.5 Å². The topological polar surface area (TPSA) is 127 Å². The minimum Gasteiger partial charge on any atom is -0.384 e. The maximum Gasteiger partial charge on any atom is 0.278 e. The number of benzene rings is 1. The summed E-state index contributed by atoms with van der Waals surface area (Å²) in [6, 6.07) is 8.91. The zero-order valence-corrected chi connectivity index (χ0v) is 18.9. The van der Waals surface area contributed by atoms with Crippen LogP contribution in [0.15, 0.2) is 47.5 Å². The maximum absolute atomic E-state index is 13.0. The van der Waals surface area contributed by atoms with Gasteiger partial charge in [0.1, 0.15) is 11.0 Å². The number of anilines is 2. The summed E-state index contributed by atoms with van der Waals surface area (Å²) >= 11 is 6.34. The normalized spacial score (nSPS) is 12.0. The summed E-state index contributed by atoms with van der Waals surface area (Å²) in [4.78, 5) is 26.5. The van der Waals surface area contributed by atoms with E-state index in [-0.39, 0.29) is 5.56 Å². The first kappa shape index (κ1) is 21.1. The zero-order chi connectivity index (χ0) is 23.3. The number of rotatable bonds is 5. The molecule has 3 N–H and O–H groups in total. The Morgan fingerprint density at radius 3 is 2.79 bits per heavy atom. The van der Waals surface area contributed by atoms with Crippen molar-refractivity contribution in [2.75, 3.05) is 5.32 Å². The van der Waals surface area contributed by atoms with E-state index in [2.05, 4.69) is 30.5 Å².